The van der Waals surface area contributed by atoms with Gasteiger partial charge in [-0.3, -0.25) is 14.9 Å². The van der Waals surface area contributed by atoms with Crippen molar-refractivity contribution in [2.24, 2.45) is 0 Å². The summed E-state index contributed by atoms with van der Waals surface area (Å²) < 4.78 is 0.943. The van der Waals surface area contributed by atoms with Crippen LogP contribution in [-0.4, -0.2) is 10.8 Å². The Labute approximate surface area is 165 Å². The van der Waals surface area contributed by atoms with E-state index in [0.717, 1.165) is 15.6 Å². The Kier molecular flexibility index (Phi) is 5.66. The van der Waals surface area contributed by atoms with Crippen molar-refractivity contribution in [2.45, 2.75) is 13.5 Å². The van der Waals surface area contributed by atoms with Crippen molar-refractivity contribution >= 4 is 33.2 Å². The molecule has 0 spiro atoms. The maximum Gasteiger partial charge on any atom is 0.282 e. The highest BCUT2D eigenvalue weighted by Gasteiger charge is 2.25. The highest BCUT2D eigenvalue weighted by molar-refractivity contribution is 9.10. The molecule has 0 heterocycles. The lowest BCUT2D eigenvalue weighted by Gasteiger charge is -2.23. The first-order valence-electron chi connectivity index (χ1n) is 8.32. The molecule has 0 saturated carbocycles. The first-order valence-corrected chi connectivity index (χ1v) is 9.11. The fourth-order valence-corrected chi connectivity index (χ4v) is 3.00. The van der Waals surface area contributed by atoms with Crippen molar-refractivity contribution in [1.82, 2.24) is 0 Å². The summed E-state index contributed by atoms with van der Waals surface area (Å²) in [6.07, 6.45) is 0. The maximum absolute atomic E-state index is 13.2. The number of nitro benzene ring substituents is 1. The van der Waals surface area contributed by atoms with Crippen molar-refractivity contribution in [3.8, 4) is 0 Å². The average molecular weight is 425 g/mol. The average Bonchev–Trinajstić information content (AvgIpc) is 2.68. The number of rotatable bonds is 5. The molecule has 3 aromatic rings. The second-order valence-electron chi connectivity index (χ2n) is 6.13. The quantitative estimate of drug-likeness (QED) is 0.400. The first-order chi connectivity index (χ1) is 13.0. The molecular weight excluding hydrogens is 408 g/mol. The molecule has 27 heavy (non-hydrogen) atoms. The van der Waals surface area contributed by atoms with Crippen LogP contribution in [0.4, 0.5) is 11.4 Å². The summed E-state index contributed by atoms with van der Waals surface area (Å²) in [6, 6.07) is 21.2. The molecule has 3 aromatic carbocycles. The molecule has 0 atom stereocenters. The van der Waals surface area contributed by atoms with E-state index in [-0.39, 0.29) is 11.3 Å². The summed E-state index contributed by atoms with van der Waals surface area (Å²) in [5, 5.41) is 11.4. The van der Waals surface area contributed by atoms with Gasteiger partial charge in [0.2, 0.25) is 0 Å². The molecule has 0 radical (unpaired) electrons. The number of hydrogen-bond donors (Lipinski definition) is 0. The number of anilines is 1. The molecule has 6 heteroatoms. The number of benzene rings is 3. The van der Waals surface area contributed by atoms with E-state index in [0.29, 0.717) is 12.2 Å². The minimum Gasteiger partial charge on any atom is -0.304 e. The second kappa shape index (κ2) is 8.14. The van der Waals surface area contributed by atoms with Crippen LogP contribution in [0.25, 0.3) is 0 Å². The highest BCUT2D eigenvalue weighted by atomic mass is 79.9. The van der Waals surface area contributed by atoms with Gasteiger partial charge in [-0.15, -0.1) is 0 Å². The van der Waals surface area contributed by atoms with Crippen LogP contribution in [0.1, 0.15) is 21.5 Å². The van der Waals surface area contributed by atoms with Crippen LogP contribution in [-0.2, 0) is 6.54 Å². The van der Waals surface area contributed by atoms with Gasteiger partial charge in [-0.25, -0.2) is 0 Å². The van der Waals surface area contributed by atoms with Crippen molar-refractivity contribution in [2.75, 3.05) is 4.90 Å². The van der Waals surface area contributed by atoms with Crippen LogP contribution < -0.4 is 4.90 Å². The van der Waals surface area contributed by atoms with Crippen LogP contribution >= 0.6 is 15.9 Å². The third-order valence-corrected chi connectivity index (χ3v) is 4.70. The predicted octanol–water partition coefficient (Wildman–Crippen LogP) is 5.51. The maximum atomic E-state index is 13.2. The largest absolute Gasteiger partial charge is 0.304 e. The molecule has 3 rings (SSSR count). The lowest BCUT2D eigenvalue weighted by molar-refractivity contribution is -0.385. The lowest BCUT2D eigenvalue weighted by Crippen LogP contribution is -2.31. The molecule has 0 aromatic heterocycles. The monoisotopic (exact) mass is 424 g/mol. The van der Waals surface area contributed by atoms with Crippen LogP contribution in [0.3, 0.4) is 0 Å². The smallest absolute Gasteiger partial charge is 0.282 e. The summed E-state index contributed by atoms with van der Waals surface area (Å²) in [5.41, 5.74) is 2.55. The summed E-state index contributed by atoms with van der Waals surface area (Å²) in [6.45, 7) is 2.27. The number of hydrogen-bond acceptors (Lipinski definition) is 3. The molecule has 0 bridgehead atoms. The van der Waals surface area contributed by atoms with E-state index >= 15 is 0 Å². The number of halogens is 1. The third kappa shape index (κ3) is 4.41. The summed E-state index contributed by atoms with van der Waals surface area (Å²) in [4.78, 5) is 25.6. The standard InChI is InChI=1S/C21H17BrN2O3/c1-15-6-12-18(13-7-15)23(14-16-8-10-17(22)11-9-16)21(25)19-4-2-3-5-20(19)24(26)27/h2-13H,14H2,1H3. The first kappa shape index (κ1) is 18.8. The Balaban J connectivity index is 2.03. The number of nitro groups is 1. The van der Waals surface area contributed by atoms with Crippen molar-refractivity contribution < 1.29 is 9.72 Å². The van der Waals surface area contributed by atoms with Gasteiger partial charge in [-0.2, -0.15) is 0 Å². The lowest BCUT2D eigenvalue weighted by atomic mass is 10.1. The van der Waals surface area contributed by atoms with Gasteiger partial charge in [0, 0.05) is 16.2 Å². The number of carbonyl (C=O) groups is 1. The van der Waals surface area contributed by atoms with Crippen molar-refractivity contribution in [3.05, 3.63) is 104 Å². The molecule has 136 valence electrons. The molecule has 0 fully saturated rings. The van der Waals surface area contributed by atoms with Crippen LogP contribution in [0, 0.1) is 17.0 Å². The molecule has 5 nitrogen and oxygen atoms in total. The van der Waals surface area contributed by atoms with Gasteiger partial charge in [0.15, 0.2) is 0 Å². The predicted molar refractivity (Wildman–Crippen MR) is 109 cm³/mol. The van der Waals surface area contributed by atoms with Gasteiger partial charge in [0.25, 0.3) is 11.6 Å². The Bertz CT molecular complexity index is 969. The molecule has 0 aliphatic carbocycles. The number of aryl methyl sites for hydroxylation is 1. The van der Waals surface area contributed by atoms with Gasteiger partial charge in [0.1, 0.15) is 5.56 Å². The summed E-state index contributed by atoms with van der Waals surface area (Å²) in [5.74, 6) is -0.408. The van der Waals surface area contributed by atoms with E-state index in [1.54, 1.807) is 17.0 Å². The minimum atomic E-state index is -0.528. The van der Waals surface area contributed by atoms with Gasteiger partial charge in [-0.05, 0) is 42.8 Å². The van der Waals surface area contributed by atoms with E-state index in [2.05, 4.69) is 15.9 Å². The SMILES string of the molecule is Cc1ccc(N(Cc2ccc(Br)cc2)C(=O)c2ccccc2[N+](=O)[O-])cc1. The summed E-state index contributed by atoms with van der Waals surface area (Å²) >= 11 is 3.40. The molecule has 0 saturated heterocycles. The summed E-state index contributed by atoms with van der Waals surface area (Å²) in [7, 11) is 0. The van der Waals surface area contributed by atoms with Crippen LogP contribution in [0.15, 0.2) is 77.3 Å². The molecule has 1 amide bonds. The number of carbonyl (C=O) groups excluding carboxylic acids is 1. The molecular formula is C21H17BrN2O3. The minimum absolute atomic E-state index is 0.0696. The van der Waals surface area contributed by atoms with Crippen LogP contribution in [0.2, 0.25) is 0 Å². The van der Waals surface area contributed by atoms with Crippen molar-refractivity contribution in [1.29, 1.82) is 0 Å². The van der Waals surface area contributed by atoms with E-state index in [1.807, 2.05) is 55.5 Å². The molecule has 0 unspecified atom stereocenters. The number of amides is 1. The zero-order valence-electron chi connectivity index (χ0n) is 14.6. The Morgan fingerprint density at radius 2 is 1.63 bits per heavy atom. The molecule has 0 aliphatic rings. The number of para-hydroxylation sites is 1. The van der Waals surface area contributed by atoms with Gasteiger partial charge in [-0.1, -0.05) is 57.9 Å². The van der Waals surface area contributed by atoms with E-state index in [9.17, 15) is 14.9 Å². The molecule has 0 N–H and O–H groups in total. The zero-order chi connectivity index (χ0) is 19.4. The fourth-order valence-electron chi connectivity index (χ4n) is 2.74. The Morgan fingerprint density at radius 3 is 2.26 bits per heavy atom. The van der Waals surface area contributed by atoms with Gasteiger partial charge < -0.3 is 4.90 Å². The third-order valence-electron chi connectivity index (χ3n) is 4.18. The van der Waals surface area contributed by atoms with E-state index < -0.39 is 10.8 Å². The van der Waals surface area contributed by atoms with E-state index in [4.69, 9.17) is 0 Å². The van der Waals surface area contributed by atoms with Gasteiger partial charge in [0.05, 0.1) is 11.5 Å². The Hall–Kier alpha value is -2.99. The highest BCUT2D eigenvalue weighted by Crippen LogP contribution is 2.25. The van der Waals surface area contributed by atoms with Crippen LogP contribution in [0.5, 0.6) is 0 Å². The zero-order valence-corrected chi connectivity index (χ0v) is 16.2. The Morgan fingerprint density at radius 1 is 1.00 bits per heavy atom. The van der Waals surface area contributed by atoms with Crippen molar-refractivity contribution in [3.63, 3.8) is 0 Å². The number of nitrogens with zero attached hydrogens (tertiary/aromatic N) is 2. The van der Waals surface area contributed by atoms with E-state index in [1.165, 1.54) is 12.1 Å². The normalized spacial score (nSPS) is 10.4. The second-order valence-corrected chi connectivity index (χ2v) is 7.04. The van der Waals surface area contributed by atoms with Gasteiger partial charge >= 0.3 is 0 Å². The fraction of sp³-hybridized carbons (Fsp3) is 0.0952. The topological polar surface area (TPSA) is 63.5 Å². The molecule has 0 aliphatic heterocycles.